The van der Waals surface area contributed by atoms with Crippen molar-refractivity contribution in [2.45, 2.75) is 5.92 Å². The molecule has 3 heterocycles. The molecule has 1 aliphatic heterocycles. The molecule has 2 aromatic heterocycles. The smallest absolute Gasteiger partial charge is 0.344 e. The zero-order valence-corrected chi connectivity index (χ0v) is 17.3. The van der Waals surface area contributed by atoms with E-state index in [1.807, 2.05) is 0 Å². The van der Waals surface area contributed by atoms with E-state index in [0.717, 1.165) is 0 Å². The molecule has 7 nitrogen and oxygen atoms in total. The number of rotatable bonds is 2. The van der Waals surface area contributed by atoms with E-state index in [1.165, 1.54) is 13.2 Å². The zero-order valence-electron chi connectivity index (χ0n) is 17.3. The van der Waals surface area contributed by atoms with Gasteiger partial charge in [0.1, 0.15) is 34.2 Å². The summed E-state index contributed by atoms with van der Waals surface area (Å²) in [5, 5.41) is 12.0. The number of hydrogen-bond acceptors (Lipinski definition) is 7. The molecule has 0 fully saturated rings. The van der Waals surface area contributed by atoms with Crippen LogP contribution >= 0.6 is 0 Å². The molecule has 1 aliphatic rings. The van der Waals surface area contributed by atoms with Crippen LogP contribution in [-0.2, 0) is 0 Å². The molecule has 0 bridgehead atoms. The van der Waals surface area contributed by atoms with E-state index >= 15 is 0 Å². The minimum absolute atomic E-state index is 0.115. The molecule has 33 heavy (non-hydrogen) atoms. The van der Waals surface area contributed by atoms with E-state index in [-0.39, 0.29) is 28.4 Å². The lowest BCUT2D eigenvalue weighted by atomic mass is 9.82. The molecule has 1 N–H and O–H groups in total. The molecule has 7 heteroatoms. The zero-order chi connectivity index (χ0) is 22.7. The van der Waals surface area contributed by atoms with Crippen LogP contribution in [0.25, 0.3) is 21.9 Å². The van der Waals surface area contributed by atoms with Gasteiger partial charge in [-0.1, -0.05) is 30.3 Å². The van der Waals surface area contributed by atoms with Gasteiger partial charge in [0.15, 0.2) is 0 Å². The summed E-state index contributed by atoms with van der Waals surface area (Å²) in [5.41, 5.74) is -0.0612. The van der Waals surface area contributed by atoms with Gasteiger partial charge in [-0.25, -0.2) is 9.59 Å². The molecule has 0 saturated carbocycles. The number of phenolic OH excluding ortho intramolecular Hbond substituents is 1. The predicted octanol–water partition coefficient (Wildman–Crippen LogP) is 4.90. The van der Waals surface area contributed by atoms with Crippen LogP contribution in [-0.4, -0.2) is 12.2 Å². The summed E-state index contributed by atoms with van der Waals surface area (Å²) in [7, 11) is 1.48. The molecular formula is C26H16O7. The number of hydrogen-bond donors (Lipinski definition) is 1. The Morgan fingerprint density at radius 1 is 0.788 bits per heavy atom. The van der Waals surface area contributed by atoms with Crippen molar-refractivity contribution in [2.75, 3.05) is 7.11 Å². The number of aromatic hydroxyl groups is 1. The molecule has 0 saturated heterocycles. The molecule has 0 atom stereocenters. The molecule has 6 rings (SSSR count). The van der Waals surface area contributed by atoms with Crippen LogP contribution in [0.2, 0.25) is 0 Å². The maximum Gasteiger partial charge on any atom is 0.344 e. The van der Waals surface area contributed by atoms with Gasteiger partial charge in [0.2, 0.25) is 0 Å². The maximum absolute atomic E-state index is 13.2. The molecule has 0 spiro atoms. The summed E-state index contributed by atoms with van der Waals surface area (Å²) in [6, 6.07) is 18.7. The van der Waals surface area contributed by atoms with E-state index in [0.29, 0.717) is 33.3 Å². The van der Waals surface area contributed by atoms with E-state index < -0.39 is 17.2 Å². The van der Waals surface area contributed by atoms with Gasteiger partial charge in [-0.15, -0.1) is 0 Å². The molecular weight excluding hydrogens is 424 g/mol. The van der Waals surface area contributed by atoms with Gasteiger partial charge < -0.3 is 23.4 Å². The number of methoxy groups -OCH3 is 1. The summed E-state index contributed by atoms with van der Waals surface area (Å²) < 4.78 is 22.6. The third-order valence-corrected chi connectivity index (χ3v) is 5.93. The van der Waals surface area contributed by atoms with Gasteiger partial charge in [0.25, 0.3) is 0 Å². The highest BCUT2D eigenvalue weighted by Crippen LogP contribution is 2.51. The van der Waals surface area contributed by atoms with Gasteiger partial charge in [0.05, 0.1) is 34.9 Å². The Labute approximate surface area is 186 Å². The fourth-order valence-corrected chi connectivity index (χ4v) is 4.44. The van der Waals surface area contributed by atoms with Crippen LogP contribution in [0.1, 0.15) is 22.6 Å². The topological polar surface area (TPSA) is 99.1 Å². The van der Waals surface area contributed by atoms with E-state index in [1.54, 1.807) is 60.7 Å². The van der Waals surface area contributed by atoms with Gasteiger partial charge in [-0.3, -0.25) is 0 Å². The predicted molar refractivity (Wildman–Crippen MR) is 121 cm³/mol. The van der Waals surface area contributed by atoms with Crippen molar-refractivity contribution in [2.24, 2.45) is 0 Å². The van der Waals surface area contributed by atoms with E-state index in [9.17, 15) is 14.7 Å². The Morgan fingerprint density at radius 3 is 1.85 bits per heavy atom. The standard InChI is InChI=1S/C26H16O7/c1-30-13-10-11-14(17(27)12-13)20-21-23(15-6-2-4-8-18(15)31-25(21)28)33-24-16-7-3-5-9-19(16)32-26(29)22(20)24/h2-12,20,27H,1H3. The third-order valence-electron chi connectivity index (χ3n) is 5.93. The Kier molecular flexibility index (Phi) is 4.07. The van der Waals surface area contributed by atoms with E-state index in [2.05, 4.69) is 0 Å². The number of fused-ring (bicyclic) bond motifs is 6. The summed E-state index contributed by atoms with van der Waals surface area (Å²) in [5.74, 6) is -0.120. The Hall–Kier alpha value is -4.52. The summed E-state index contributed by atoms with van der Waals surface area (Å²) in [4.78, 5) is 26.4. The maximum atomic E-state index is 13.2. The average Bonchev–Trinajstić information content (AvgIpc) is 2.83. The molecule has 5 aromatic rings. The number of ether oxygens (including phenoxy) is 2. The van der Waals surface area contributed by atoms with E-state index in [4.69, 9.17) is 18.3 Å². The van der Waals surface area contributed by atoms with Crippen LogP contribution in [0.4, 0.5) is 0 Å². The minimum atomic E-state index is -0.976. The Bertz CT molecular complexity index is 1590. The highest BCUT2D eigenvalue weighted by molar-refractivity contribution is 5.91. The van der Waals surface area contributed by atoms with Crippen molar-refractivity contribution >= 4 is 21.9 Å². The van der Waals surface area contributed by atoms with Crippen molar-refractivity contribution in [1.29, 1.82) is 0 Å². The van der Waals surface area contributed by atoms with Crippen molar-refractivity contribution < 1.29 is 23.4 Å². The van der Waals surface area contributed by atoms with Crippen molar-refractivity contribution in [1.82, 2.24) is 0 Å². The lowest BCUT2D eigenvalue weighted by molar-refractivity contribution is 0.403. The number of phenols is 1. The number of benzene rings is 3. The van der Waals surface area contributed by atoms with Crippen LogP contribution in [0.3, 0.4) is 0 Å². The van der Waals surface area contributed by atoms with Gasteiger partial charge >= 0.3 is 11.3 Å². The first-order valence-corrected chi connectivity index (χ1v) is 10.2. The third kappa shape index (κ3) is 2.75. The molecule has 0 aliphatic carbocycles. The first-order chi connectivity index (χ1) is 16.1. The van der Waals surface area contributed by atoms with Crippen molar-refractivity contribution in [3.8, 4) is 23.0 Å². The second-order valence-electron chi connectivity index (χ2n) is 7.72. The lowest BCUT2D eigenvalue weighted by Gasteiger charge is -2.28. The van der Waals surface area contributed by atoms with Crippen LogP contribution in [0.5, 0.6) is 23.0 Å². The van der Waals surface area contributed by atoms with Gasteiger partial charge in [0, 0.05) is 11.6 Å². The minimum Gasteiger partial charge on any atom is -0.507 e. The highest BCUT2D eigenvalue weighted by atomic mass is 16.5. The first-order valence-electron chi connectivity index (χ1n) is 10.2. The summed E-state index contributed by atoms with van der Waals surface area (Å²) >= 11 is 0. The normalized spacial score (nSPS) is 12.9. The van der Waals surface area contributed by atoms with Gasteiger partial charge in [-0.2, -0.15) is 0 Å². The van der Waals surface area contributed by atoms with Crippen LogP contribution in [0, 0.1) is 0 Å². The summed E-state index contributed by atoms with van der Waals surface area (Å²) in [6.07, 6.45) is 0. The SMILES string of the molecule is COc1ccc(C2c3c(c4ccccc4oc3=O)Oc3c2c(=O)oc2ccccc32)c(O)c1. The van der Waals surface area contributed by atoms with Gasteiger partial charge in [-0.05, 0) is 30.3 Å². The van der Waals surface area contributed by atoms with Crippen LogP contribution in [0.15, 0.2) is 85.2 Å². The molecule has 3 aromatic carbocycles. The van der Waals surface area contributed by atoms with Crippen LogP contribution < -0.4 is 20.7 Å². The second kappa shape index (κ2) is 7.00. The monoisotopic (exact) mass is 440 g/mol. The molecule has 162 valence electrons. The van der Waals surface area contributed by atoms with Crippen molar-refractivity contribution in [3.63, 3.8) is 0 Å². The quantitative estimate of drug-likeness (QED) is 0.382. The average molecular weight is 440 g/mol. The fraction of sp³-hybridized carbons (Fsp3) is 0.0769. The Balaban J connectivity index is 1.78. The lowest BCUT2D eigenvalue weighted by Crippen LogP contribution is -2.26. The highest BCUT2D eigenvalue weighted by Gasteiger charge is 2.39. The molecule has 0 unspecified atom stereocenters. The first kappa shape index (κ1) is 19.2. The largest absolute Gasteiger partial charge is 0.507 e. The van der Waals surface area contributed by atoms with Crippen molar-refractivity contribution in [3.05, 3.63) is 104 Å². The fourth-order valence-electron chi connectivity index (χ4n) is 4.44. The molecule has 0 radical (unpaired) electrons. The Morgan fingerprint density at radius 2 is 1.33 bits per heavy atom. The summed E-state index contributed by atoms with van der Waals surface area (Å²) in [6.45, 7) is 0. The second-order valence-corrected chi connectivity index (χ2v) is 7.72. The molecule has 0 amide bonds. The number of para-hydroxylation sites is 2.